The van der Waals surface area contributed by atoms with Crippen LogP contribution >= 0.6 is 11.6 Å². The van der Waals surface area contributed by atoms with Gasteiger partial charge in [-0.25, -0.2) is 0 Å². The SMILES string of the molecule is C#CCN(CCOC)C(=O)CCl. The molecule has 3 nitrogen and oxygen atoms in total. The van der Waals surface area contributed by atoms with Crippen molar-refractivity contribution in [3.8, 4) is 12.3 Å². The van der Waals surface area contributed by atoms with Crippen LogP contribution in [0.4, 0.5) is 0 Å². The molecule has 0 radical (unpaired) electrons. The zero-order valence-corrected chi connectivity index (χ0v) is 7.80. The van der Waals surface area contributed by atoms with E-state index in [1.54, 1.807) is 7.11 Å². The van der Waals surface area contributed by atoms with Gasteiger partial charge >= 0.3 is 0 Å². The van der Waals surface area contributed by atoms with Crippen molar-refractivity contribution >= 4 is 17.5 Å². The molecule has 0 aliphatic carbocycles. The first kappa shape index (κ1) is 11.3. The van der Waals surface area contributed by atoms with E-state index in [9.17, 15) is 4.79 Å². The molecule has 0 bridgehead atoms. The van der Waals surface area contributed by atoms with E-state index in [0.717, 1.165) is 0 Å². The first-order chi connectivity index (χ1) is 5.76. The number of hydrogen-bond acceptors (Lipinski definition) is 2. The normalized spacial score (nSPS) is 9.08. The summed E-state index contributed by atoms with van der Waals surface area (Å²) in [7, 11) is 1.57. The summed E-state index contributed by atoms with van der Waals surface area (Å²) >= 11 is 5.36. The molecule has 0 saturated carbocycles. The van der Waals surface area contributed by atoms with Crippen molar-refractivity contribution < 1.29 is 9.53 Å². The fourth-order valence-corrected chi connectivity index (χ4v) is 0.857. The lowest BCUT2D eigenvalue weighted by Gasteiger charge is -2.17. The molecule has 0 aromatic heterocycles. The Kier molecular flexibility index (Phi) is 6.54. The van der Waals surface area contributed by atoms with Crippen LogP contribution in [0, 0.1) is 12.3 Å². The number of terminal acetylenes is 1. The van der Waals surface area contributed by atoms with E-state index < -0.39 is 0 Å². The number of carbonyl (C=O) groups excluding carboxylic acids is 1. The number of rotatable bonds is 5. The Morgan fingerprint density at radius 2 is 2.42 bits per heavy atom. The van der Waals surface area contributed by atoms with E-state index in [1.165, 1.54) is 4.90 Å². The number of alkyl halides is 1. The second-order valence-electron chi connectivity index (χ2n) is 2.15. The Labute approximate surface area is 77.6 Å². The van der Waals surface area contributed by atoms with Gasteiger partial charge < -0.3 is 9.64 Å². The summed E-state index contributed by atoms with van der Waals surface area (Å²) < 4.78 is 4.81. The Balaban J connectivity index is 3.87. The summed E-state index contributed by atoms with van der Waals surface area (Å²) in [6.45, 7) is 1.26. The Morgan fingerprint density at radius 3 is 2.83 bits per heavy atom. The molecule has 0 rings (SSSR count). The van der Waals surface area contributed by atoms with Crippen molar-refractivity contribution in [2.45, 2.75) is 0 Å². The van der Waals surface area contributed by atoms with E-state index >= 15 is 0 Å². The number of methoxy groups -OCH3 is 1. The van der Waals surface area contributed by atoms with Crippen LogP contribution in [-0.2, 0) is 9.53 Å². The van der Waals surface area contributed by atoms with Crippen LogP contribution in [0.25, 0.3) is 0 Å². The molecule has 0 fully saturated rings. The van der Waals surface area contributed by atoms with Crippen molar-refractivity contribution in [2.75, 3.05) is 32.7 Å². The molecule has 0 aliphatic heterocycles. The van der Waals surface area contributed by atoms with Gasteiger partial charge in [-0.1, -0.05) is 5.92 Å². The molecule has 0 aromatic carbocycles. The first-order valence-corrected chi connectivity index (χ1v) is 4.05. The maximum atomic E-state index is 11.1. The summed E-state index contributed by atoms with van der Waals surface area (Å²) in [4.78, 5) is 12.5. The maximum absolute atomic E-state index is 11.1. The minimum absolute atomic E-state index is 0.0363. The maximum Gasteiger partial charge on any atom is 0.238 e. The third-order valence-corrected chi connectivity index (χ3v) is 1.54. The van der Waals surface area contributed by atoms with E-state index in [2.05, 4.69) is 5.92 Å². The molecule has 0 heterocycles. The van der Waals surface area contributed by atoms with Gasteiger partial charge in [0.15, 0.2) is 0 Å². The van der Waals surface area contributed by atoms with Gasteiger partial charge in [-0.15, -0.1) is 18.0 Å². The fraction of sp³-hybridized carbons (Fsp3) is 0.625. The molecule has 68 valence electrons. The van der Waals surface area contributed by atoms with Crippen molar-refractivity contribution in [1.82, 2.24) is 4.90 Å². The Hall–Kier alpha value is -0.720. The summed E-state index contributed by atoms with van der Waals surface area (Å²) in [6, 6.07) is 0. The fourth-order valence-electron chi connectivity index (χ4n) is 0.688. The zero-order valence-electron chi connectivity index (χ0n) is 7.05. The van der Waals surface area contributed by atoms with Crippen LogP contribution < -0.4 is 0 Å². The standard InChI is InChI=1S/C8H12ClNO2/c1-3-4-10(5-6-12-2)8(11)7-9/h1H,4-7H2,2H3. The van der Waals surface area contributed by atoms with Crippen LogP contribution in [0.2, 0.25) is 0 Å². The van der Waals surface area contributed by atoms with Crippen LogP contribution in [-0.4, -0.2) is 43.5 Å². The van der Waals surface area contributed by atoms with Gasteiger partial charge in [-0.05, 0) is 0 Å². The average Bonchev–Trinajstić information content (AvgIpc) is 2.11. The Bertz CT molecular complexity index is 176. The molecular weight excluding hydrogens is 178 g/mol. The summed E-state index contributed by atoms with van der Waals surface area (Å²) in [5.74, 6) is 2.19. The minimum Gasteiger partial charge on any atom is -0.383 e. The summed E-state index contributed by atoms with van der Waals surface area (Å²) in [5.41, 5.74) is 0. The average molecular weight is 190 g/mol. The minimum atomic E-state index is -0.160. The van der Waals surface area contributed by atoms with Crippen molar-refractivity contribution in [2.24, 2.45) is 0 Å². The van der Waals surface area contributed by atoms with E-state index in [-0.39, 0.29) is 18.3 Å². The highest BCUT2D eigenvalue weighted by Crippen LogP contribution is 1.91. The highest BCUT2D eigenvalue weighted by Gasteiger charge is 2.09. The predicted molar refractivity (Wildman–Crippen MR) is 48.0 cm³/mol. The molecule has 0 saturated heterocycles. The van der Waals surface area contributed by atoms with Gasteiger partial charge in [-0.3, -0.25) is 4.79 Å². The quantitative estimate of drug-likeness (QED) is 0.461. The van der Waals surface area contributed by atoms with Crippen LogP contribution in [0.3, 0.4) is 0 Å². The molecule has 4 heteroatoms. The van der Waals surface area contributed by atoms with E-state index in [0.29, 0.717) is 13.2 Å². The highest BCUT2D eigenvalue weighted by atomic mass is 35.5. The molecule has 0 atom stereocenters. The van der Waals surface area contributed by atoms with Crippen molar-refractivity contribution in [1.29, 1.82) is 0 Å². The van der Waals surface area contributed by atoms with Crippen molar-refractivity contribution in [3.05, 3.63) is 0 Å². The van der Waals surface area contributed by atoms with Crippen LogP contribution in [0.5, 0.6) is 0 Å². The molecule has 0 spiro atoms. The predicted octanol–water partition coefficient (Wildman–Crippen LogP) is 0.333. The van der Waals surface area contributed by atoms with Crippen LogP contribution in [0.15, 0.2) is 0 Å². The second-order valence-corrected chi connectivity index (χ2v) is 2.41. The molecule has 0 N–H and O–H groups in total. The van der Waals surface area contributed by atoms with Gasteiger partial charge in [0, 0.05) is 13.7 Å². The highest BCUT2D eigenvalue weighted by molar-refractivity contribution is 6.27. The van der Waals surface area contributed by atoms with Gasteiger partial charge in [0.25, 0.3) is 0 Å². The number of amides is 1. The summed E-state index contributed by atoms with van der Waals surface area (Å²) in [6.07, 6.45) is 5.07. The van der Waals surface area contributed by atoms with E-state index in [1.807, 2.05) is 0 Å². The van der Waals surface area contributed by atoms with Gasteiger partial charge in [0.1, 0.15) is 5.88 Å². The molecule has 0 aliphatic rings. The van der Waals surface area contributed by atoms with Gasteiger partial charge in [0.05, 0.1) is 13.2 Å². The number of halogens is 1. The Morgan fingerprint density at radius 1 is 1.75 bits per heavy atom. The lowest BCUT2D eigenvalue weighted by atomic mass is 10.4. The van der Waals surface area contributed by atoms with Gasteiger partial charge in [-0.2, -0.15) is 0 Å². The number of hydrogen-bond donors (Lipinski definition) is 0. The molecular formula is C8H12ClNO2. The zero-order chi connectivity index (χ0) is 9.40. The largest absolute Gasteiger partial charge is 0.383 e. The molecule has 0 unspecified atom stereocenters. The number of ether oxygens (including phenoxy) is 1. The lowest BCUT2D eigenvalue weighted by Crippen LogP contribution is -2.35. The third kappa shape index (κ3) is 4.22. The molecule has 0 aromatic rings. The smallest absolute Gasteiger partial charge is 0.238 e. The summed E-state index contributed by atoms with van der Waals surface area (Å²) in [5, 5.41) is 0. The second kappa shape index (κ2) is 6.96. The van der Waals surface area contributed by atoms with Crippen LogP contribution in [0.1, 0.15) is 0 Å². The lowest BCUT2D eigenvalue weighted by molar-refractivity contribution is -0.128. The number of carbonyl (C=O) groups is 1. The third-order valence-electron chi connectivity index (χ3n) is 1.31. The topological polar surface area (TPSA) is 29.5 Å². The molecule has 1 amide bonds. The van der Waals surface area contributed by atoms with E-state index in [4.69, 9.17) is 22.8 Å². The monoisotopic (exact) mass is 189 g/mol. The van der Waals surface area contributed by atoms with Crippen molar-refractivity contribution in [3.63, 3.8) is 0 Å². The first-order valence-electron chi connectivity index (χ1n) is 3.52. The van der Waals surface area contributed by atoms with Gasteiger partial charge in [0.2, 0.25) is 5.91 Å². The molecule has 12 heavy (non-hydrogen) atoms. The number of nitrogens with zero attached hydrogens (tertiary/aromatic N) is 1.